The largest absolute Gasteiger partial charge is 0.465 e. The maximum Gasteiger partial charge on any atom is 0.341 e. The van der Waals surface area contributed by atoms with Gasteiger partial charge in [0.1, 0.15) is 22.1 Å². The fourth-order valence-electron chi connectivity index (χ4n) is 3.96. The van der Waals surface area contributed by atoms with Crippen LogP contribution in [0.25, 0.3) is 11.1 Å². The van der Waals surface area contributed by atoms with E-state index in [1.54, 1.807) is 0 Å². The first-order valence-corrected chi connectivity index (χ1v) is 11.0. The van der Waals surface area contributed by atoms with Gasteiger partial charge in [-0.25, -0.2) is 4.79 Å². The molecule has 1 aliphatic rings. The summed E-state index contributed by atoms with van der Waals surface area (Å²) in [7, 11) is 1.34. The molecule has 1 aliphatic heterocycles. The number of carbonyl (C=O) groups is 2. The fourth-order valence-corrected chi connectivity index (χ4v) is 4.92. The summed E-state index contributed by atoms with van der Waals surface area (Å²) in [5, 5.41) is 5.32. The van der Waals surface area contributed by atoms with Gasteiger partial charge in [0.05, 0.1) is 13.0 Å². The zero-order chi connectivity index (χ0) is 22.1. The summed E-state index contributed by atoms with van der Waals surface area (Å²) >= 11 is 1.31. The van der Waals surface area contributed by atoms with E-state index in [0.29, 0.717) is 22.1 Å². The molecule has 4 aromatic rings. The number of thiophene rings is 1. The second-order valence-electron chi connectivity index (χ2n) is 7.31. The molecule has 0 unspecified atom stereocenters. The number of esters is 1. The van der Waals surface area contributed by atoms with Crippen LogP contribution < -0.4 is 10.1 Å². The molecule has 6 heteroatoms. The van der Waals surface area contributed by atoms with Gasteiger partial charge in [-0.05, 0) is 17.7 Å². The van der Waals surface area contributed by atoms with Crippen LogP contribution >= 0.6 is 11.3 Å². The van der Waals surface area contributed by atoms with Gasteiger partial charge in [-0.15, -0.1) is 11.3 Å². The lowest BCUT2D eigenvalue weighted by Gasteiger charge is -2.27. The van der Waals surface area contributed by atoms with E-state index in [4.69, 9.17) is 9.47 Å². The maximum atomic E-state index is 13.6. The molecule has 5 rings (SSSR count). The minimum absolute atomic E-state index is 0.236. The number of methoxy groups -OCH3 is 1. The van der Waals surface area contributed by atoms with Gasteiger partial charge in [0.2, 0.25) is 5.91 Å². The van der Waals surface area contributed by atoms with Crippen molar-refractivity contribution in [3.63, 3.8) is 0 Å². The summed E-state index contributed by atoms with van der Waals surface area (Å²) in [5.74, 6) is 0.00306. The van der Waals surface area contributed by atoms with Crippen molar-refractivity contribution in [2.24, 2.45) is 0 Å². The number of carbonyl (C=O) groups excluding carboxylic acids is 2. The Morgan fingerprint density at radius 1 is 0.875 bits per heavy atom. The van der Waals surface area contributed by atoms with Crippen LogP contribution in [-0.4, -0.2) is 19.0 Å². The third kappa shape index (κ3) is 3.44. The molecule has 0 radical (unpaired) electrons. The van der Waals surface area contributed by atoms with E-state index in [-0.39, 0.29) is 5.91 Å². The van der Waals surface area contributed by atoms with Gasteiger partial charge in [0.15, 0.2) is 0 Å². The van der Waals surface area contributed by atoms with Crippen LogP contribution in [0.4, 0.5) is 5.00 Å². The van der Waals surface area contributed by atoms with Crippen molar-refractivity contribution in [3.05, 3.63) is 101 Å². The topological polar surface area (TPSA) is 64.6 Å². The molecule has 0 saturated heterocycles. The second kappa shape index (κ2) is 8.32. The molecule has 0 fully saturated rings. The first kappa shape index (κ1) is 20.0. The minimum Gasteiger partial charge on any atom is -0.465 e. The summed E-state index contributed by atoms with van der Waals surface area (Å²) in [6, 6.07) is 24.6. The molecule has 32 heavy (non-hydrogen) atoms. The highest BCUT2D eigenvalue weighted by Crippen LogP contribution is 2.45. The third-order valence-corrected chi connectivity index (χ3v) is 6.34. The zero-order valence-electron chi connectivity index (χ0n) is 17.2. The lowest BCUT2D eigenvalue weighted by atomic mass is 9.87. The van der Waals surface area contributed by atoms with Gasteiger partial charge >= 0.3 is 5.97 Å². The van der Waals surface area contributed by atoms with Gasteiger partial charge in [-0.2, -0.15) is 0 Å². The monoisotopic (exact) mass is 441 g/mol. The average Bonchev–Trinajstić information content (AvgIpc) is 3.25. The van der Waals surface area contributed by atoms with E-state index in [1.807, 2.05) is 84.2 Å². The van der Waals surface area contributed by atoms with Gasteiger partial charge in [-0.1, -0.05) is 66.7 Å². The van der Waals surface area contributed by atoms with Crippen molar-refractivity contribution < 1.29 is 19.1 Å². The second-order valence-corrected chi connectivity index (χ2v) is 8.19. The zero-order valence-corrected chi connectivity index (χ0v) is 18.0. The normalized spacial score (nSPS) is 12.3. The Labute approximate surface area is 189 Å². The fraction of sp³-hybridized carbons (Fsp3) is 0.0769. The predicted molar refractivity (Wildman–Crippen MR) is 125 cm³/mol. The molecule has 1 aromatic heterocycles. The van der Waals surface area contributed by atoms with Crippen LogP contribution in [0.3, 0.4) is 0 Å². The van der Waals surface area contributed by atoms with Gasteiger partial charge in [-0.3, -0.25) is 4.79 Å². The number of para-hydroxylation sites is 2. The van der Waals surface area contributed by atoms with E-state index in [9.17, 15) is 9.59 Å². The molecule has 3 aromatic carbocycles. The molecule has 5 nitrogen and oxygen atoms in total. The Morgan fingerprint density at radius 3 is 2.09 bits per heavy atom. The highest BCUT2D eigenvalue weighted by Gasteiger charge is 2.33. The molecule has 0 saturated carbocycles. The number of hydrogen-bond acceptors (Lipinski definition) is 5. The molecule has 1 amide bonds. The van der Waals surface area contributed by atoms with Crippen molar-refractivity contribution >= 4 is 28.2 Å². The Morgan fingerprint density at radius 2 is 1.47 bits per heavy atom. The standard InChI is InChI=1S/C26H19NO4S/c1-30-26(29)23-19(16-9-3-2-4-10-16)15-32-25(23)27-24(28)22-17-11-5-7-13-20(17)31-21-14-8-6-12-18(21)22/h2-15,22H,1H3,(H,27,28). The van der Waals surface area contributed by atoms with Crippen LogP contribution in [0.1, 0.15) is 27.4 Å². The molecule has 158 valence electrons. The van der Waals surface area contributed by atoms with Crippen molar-refractivity contribution in [2.75, 3.05) is 12.4 Å². The van der Waals surface area contributed by atoms with Crippen LogP contribution in [0.2, 0.25) is 0 Å². The summed E-state index contributed by atoms with van der Waals surface area (Å²) < 4.78 is 11.0. The molecule has 0 atom stereocenters. The van der Waals surface area contributed by atoms with E-state index >= 15 is 0 Å². The molecule has 0 aliphatic carbocycles. The predicted octanol–water partition coefficient (Wildman–Crippen LogP) is 6.08. The summed E-state index contributed by atoms with van der Waals surface area (Å²) in [4.78, 5) is 26.2. The van der Waals surface area contributed by atoms with Crippen molar-refractivity contribution in [1.29, 1.82) is 0 Å². The SMILES string of the molecule is COC(=O)c1c(-c2ccccc2)csc1NC(=O)C1c2ccccc2Oc2ccccc21. The first-order valence-electron chi connectivity index (χ1n) is 10.1. The maximum absolute atomic E-state index is 13.6. The lowest BCUT2D eigenvalue weighted by Crippen LogP contribution is -2.25. The first-order chi connectivity index (χ1) is 15.7. The van der Waals surface area contributed by atoms with E-state index < -0.39 is 11.9 Å². The number of nitrogens with one attached hydrogen (secondary N) is 1. The lowest BCUT2D eigenvalue weighted by molar-refractivity contribution is -0.116. The minimum atomic E-state index is -0.566. The van der Waals surface area contributed by atoms with E-state index in [0.717, 1.165) is 22.3 Å². The van der Waals surface area contributed by atoms with E-state index in [2.05, 4.69) is 5.32 Å². The summed E-state index contributed by atoms with van der Waals surface area (Å²) in [5.41, 5.74) is 3.52. The summed E-state index contributed by atoms with van der Waals surface area (Å²) in [6.07, 6.45) is 0. The number of benzene rings is 3. The van der Waals surface area contributed by atoms with Crippen LogP contribution in [-0.2, 0) is 9.53 Å². The van der Waals surface area contributed by atoms with Crippen LogP contribution in [0.15, 0.2) is 84.2 Å². The highest BCUT2D eigenvalue weighted by molar-refractivity contribution is 7.15. The number of anilines is 1. The van der Waals surface area contributed by atoms with E-state index in [1.165, 1.54) is 18.4 Å². The van der Waals surface area contributed by atoms with Crippen molar-refractivity contribution in [1.82, 2.24) is 0 Å². The number of ether oxygens (including phenoxy) is 2. The molecule has 0 bridgehead atoms. The quantitative estimate of drug-likeness (QED) is 0.390. The van der Waals surface area contributed by atoms with Crippen LogP contribution in [0.5, 0.6) is 11.5 Å². The number of rotatable bonds is 4. The Balaban J connectivity index is 1.56. The molecular weight excluding hydrogens is 422 g/mol. The highest BCUT2D eigenvalue weighted by atomic mass is 32.1. The van der Waals surface area contributed by atoms with Crippen molar-refractivity contribution in [2.45, 2.75) is 5.92 Å². The Hall–Kier alpha value is -3.90. The van der Waals surface area contributed by atoms with Crippen molar-refractivity contribution in [3.8, 4) is 22.6 Å². The third-order valence-electron chi connectivity index (χ3n) is 5.44. The number of amides is 1. The molecule has 2 heterocycles. The Kier molecular flexibility index (Phi) is 5.21. The van der Waals surface area contributed by atoms with Gasteiger partial charge in [0.25, 0.3) is 0 Å². The van der Waals surface area contributed by atoms with Gasteiger partial charge in [0, 0.05) is 22.1 Å². The van der Waals surface area contributed by atoms with Gasteiger partial charge < -0.3 is 14.8 Å². The number of hydrogen-bond donors (Lipinski definition) is 1. The molecule has 1 N–H and O–H groups in total. The molecule has 0 spiro atoms. The summed E-state index contributed by atoms with van der Waals surface area (Å²) in [6.45, 7) is 0. The van der Waals surface area contributed by atoms with Crippen LogP contribution in [0, 0.1) is 0 Å². The Bertz CT molecular complexity index is 1270. The smallest absolute Gasteiger partial charge is 0.341 e. The molecular formula is C26H19NO4S. The number of fused-ring (bicyclic) bond motifs is 2. The average molecular weight is 442 g/mol.